The maximum absolute atomic E-state index is 12.1. The third-order valence-corrected chi connectivity index (χ3v) is 4.80. The Balaban J connectivity index is 1.48. The van der Waals surface area contributed by atoms with Crippen molar-refractivity contribution < 1.29 is 9.59 Å². The molecule has 0 radical (unpaired) electrons. The van der Waals surface area contributed by atoms with Gasteiger partial charge in [-0.05, 0) is 25.0 Å². The van der Waals surface area contributed by atoms with Crippen molar-refractivity contribution in [1.82, 2.24) is 20.5 Å². The molecule has 0 saturated carbocycles. The highest BCUT2D eigenvalue weighted by molar-refractivity contribution is 6.04. The van der Waals surface area contributed by atoms with Crippen LogP contribution in [0.25, 0.3) is 0 Å². The first-order valence-electron chi connectivity index (χ1n) is 9.25. The van der Waals surface area contributed by atoms with Crippen LogP contribution in [0.3, 0.4) is 0 Å². The van der Waals surface area contributed by atoms with Crippen molar-refractivity contribution in [2.24, 2.45) is 5.10 Å². The second-order valence-corrected chi connectivity index (χ2v) is 6.70. The number of H-pyrrole nitrogens is 1. The van der Waals surface area contributed by atoms with E-state index in [4.69, 9.17) is 0 Å². The van der Waals surface area contributed by atoms with E-state index in [2.05, 4.69) is 20.6 Å². The van der Waals surface area contributed by atoms with Crippen LogP contribution in [0.2, 0.25) is 0 Å². The van der Waals surface area contributed by atoms with Gasteiger partial charge in [-0.1, -0.05) is 30.3 Å². The number of aromatic amines is 1. The molecule has 142 valence electrons. The van der Waals surface area contributed by atoms with E-state index < -0.39 is 0 Å². The quantitative estimate of drug-likeness (QED) is 0.785. The Kier molecular flexibility index (Phi) is 6.01. The highest BCUT2D eigenvalue weighted by Crippen LogP contribution is 2.15. The molecule has 3 rings (SSSR count). The van der Waals surface area contributed by atoms with E-state index in [1.165, 1.54) is 5.01 Å². The molecule has 27 heavy (non-hydrogen) atoms. The molecule has 0 atom stereocenters. The second-order valence-electron chi connectivity index (χ2n) is 6.70. The fourth-order valence-electron chi connectivity index (χ4n) is 3.01. The Morgan fingerprint density at radius 2 is 2.00 bits per heavy atom. The number of carbonyl (C=O) groups excluding carboxylic acids is 2. The van der Waals surface area contributed by atoms with E-state index >= 15 is 0 Å². The molecule has 2 N–H and O–H groups in total. The maximum atomic E-state index is 12.1. The number of carbonyl (C=O) groups is 2. The van der Waals surface area contributed by atoms with Crippen LogP contribution in [-0.4, -0.2) is 45.8 Å². The first-order chi connectivity index (χ1) is 13.0. The summed E-state index contributed by atoms with van der Waals surface area (Å²) in [7, 11) is 0. The van der Waals surface area contributed by atoms with Crippen LogP contribution in [0.15, 0.2) is 35.4 Å². The monoisotopic (exact) mass is 367 g/mol. The molecule has 2 heterocycles. The van der Waals surface area contributed by atoms with Gasteiger partial charge < -0.3 is 5.32 Å². The second kappa shape index (κ2) is 8.62. The minimum Gasteiger partial charge on any atom is -0.354 e. The average Bonchev–Trinajstić information content (AvgIpc) is 3.00. The van der Waals surface area contributed by atoms with Crippen molar-refractivity contribution in [3.8, 4) is 0 Å². The summed E-state index contributed by atoms with van der Waals surface area (Å²) in [5.74, 6) is -0.0571. The lowest BCUT2D eigenvalue weighted by molar-refractivity contribution is -0.132. The summed E-state index contributed by atoms with van der Waals surface area (Å²) in [5.41, 5.74) is 4.99. The van der Waals surface area contributed by atoms with Crippen LogP contribution in [0.5, 0.6) is 0 Å². The maximum Gasteiger partial charge on any atom is 0.243 e. The molecule has 1 aromatic heterocycles. The Morgan fingerprint density at radius 1 is 1.22 bits per heavy atom. The van der Waals surface area contributed by atoms with Gasteiger partial charge in [0.1, 0.15) is 0 Å². The Morgan fingerprint density at radius 3 is 2.70 bits per heavy atom. The Labute approximate surface area is 158 Å². The smallest absolute Gasteiger partial charge is 0.243 e. The van der Waals surface area contributed by atoms with E-state index in [0.29, 0.717) is 38.8 Å². The third-order valence-electron chi connectivity index (χ3n) is 4.80. The van der Waals surface area contributed by atoms with Gasteiger partial charge in [-0.25, -0.2) is 5.01 Å². The van der Waals surface area contributed by atoms with Gasteiger partial charge in [-0.2, -0.15) is 10.2 Å². The van der Waals surface area contributed by atoms with Crippen molar-refractivity contribution in [3.05, 3.63) is 52.8 Å². The lowest BCUT2D eigenvalue weighted by Crippen LogP contribution is -2.38. The molecule has 0 fully saturated rings. The van der Waals surface area contributed by atoms with Gasteiger partial charge in [-0.3, -0.25) is 14.7 Å². The first kappa shape index (κ1) is 18.8. The number of hydrogen-bond acceptors (Lipinski definition) is 4. The van der Waals surface area contributed by atoms with Crippen LogP contribution >= 0.6 is 0 Å². The van der Waals surface area contributed by atoms with Crippen LogP contribution in [0, 0.1) is 13.8 Å². The zero-order valence-corrected chi connectivity index (χ0v) is 15.8. The van der Waals surface area contributed by atoms with E-state index in [-0.39, 0.29) is 11.8 Å². The average molecular weight is 367 g/mol. The van der Waals surface area contributed by atoms with Crippen molar-refractivity contribution in [3.63, 3.8) is 0 Å². The summed E-state index contributed by atoms with van der Waals surface area (Å²) < 4.78 is 0. The van der Waals surface area contributed by atoms with Gasteiger partial charge in [0.2, 0.25) is 11.8 Å². The van der Waals surface area contributed by atoms with Crippen molar-refractivity contribution in [1.29, 1.82) is 0 Å². The number of benzene rings is 1. The Hall–Kier alpha value is -2.96. The van der Waals surface area contributed by atoms with Crippen LogP contribution < -0.4 is 5.32 Å². The Bertz CT molecular complexity index is 841. The zero-order chi connectivity index (χ0) is 19.2. The van der Waals surface area contributed by atoms with Gasteiger partial charge in [0.15, 0.2) is 0 Å². The van der Waals surface area contributed by atoms with Crippen LogP contribution in [-0.2, 0) is 16.0 Å². The number of hydrazone groups is 1. The summed E-state index contributed by atoms with van der Waals surface area (Å²) in [6.07, 6.45) is 2.06. The number of nitrogens with one attached hydrogen (secondary N) is 2. The lowest BCUT2D eigenvalue weighted by Gasteiger charge is -2.23. The fourth-order valence-corrected chi connectivity index (χ4v) is 3.01. The predicted octanol–water partition coefficient (Wildman–Crippen LogP) is 2.10. The number of aryl methyl sites for hydroxylation is 2. The minimum atomic E-state index is -0.0493. The van der Waals surface area contributed by atoms with Gasteiger partial charge in [-0.15, -0.1) is 0 Å². The summed E-state index contributed by atoms with van der Waals surface area (Å²) in [6.45, 7) is 4.72. The minimum absolute atomic E-state index is 0.00782. The molecule has 0 aliphatic carbocycles. The van der Waals surface area contributed by atoms with E-state index in [1.54, 1.807) is 0 Å². The van der Waals surface area contributed by atoms with Crippen LogP contribution in [0.4, 0.5) is 0 Å². The largest absolute Gasteiger partial charge is 0.354 e. The summed E-state index contributed by atoms with van der Waals surface area (Å²) in [5, 5.41) is 15.9. The molecule has 2 amide bonds. The fraction of sp³-hybridized carbons (Fsp3) is 0.400. The zero-order valence-electron chi connectivity index (χ0n) is 15.8. The SMILES string of the molecule is Cc1[nH]nc(CCC(=O)NCCN2N=C(c3ccccc3)CCC2=O)c1C. The molecule has 0 spiro atoms. The van der Waals surface area contributed by atoms with Crippen LogP contribution in [0.1, 0.15) is 41.8 Å². The van der Waals surface area contributed by atoms with E-state index in [0.717, 1.165) is 28.2 Å². The number of hydrogen-bond donors (Lipinski definition) is 2. The molecule has 0 unspecified atom stereocenters. The van der Waals surface area contributed by atoms with Crippen molar-refractivity contribution in [2.45, 2.75) is 39.5 Å². The van der Waals surface area contributed by atoms with Gasteiger partial charge in [0.25, 0.3) is 0 Å². The third kappa shape index (κ3) is 4.81. The summed E-state index contributed by atoms with van der Waals surface area (Å²) in [4.78, 5) is 24.1. The molecule has 2 aromatic rings. The number of aromatic nitrogens is 2. The van der Waals surface area contributed by atoms with E-state index in [1.807, 2.05) is 44.2 Å². The topological polar surface area (TPSA) is 90.4 Å². The first-order valence-corrected chi connectivity index (χ1v) is 9.25. The molecular formula is C20H25N5O2. The summed E-state index contributed by atoms with van der Waals surface area (Å²) >= 11 is 0. The predicted molar refractivity (Wildman–Crippen MR) is 103 cm³/mol. The van der Waals surface area contributed by atoms with Gasteiger partial charge in [0.05, 0.1) is 18.0 Å². The highest BCUT2D eigenvalue weighted by atomic mass is 16.2. The number of rotatable bonds is 7. The molecule has 0 bridgehead atoms. The standard InChI is InChI=1S/C20H25N5O2/c1-14-15(2)22-23-17(14)8-10-19(26)21-12-13-25-20(27)11-9-18(24-25)16-6-4-3-5-7-16/h3-7H,8-13H2,1-2H3,(H,21,26)(H,22,23). The number of nitrogens with zero attached hydrogens (tertiary/aromatic N) is 3. The van der Waals surface area contributed by atoms with Crippen molar-refractivity contribution >= 4 is 17.5 Å². The molecule has 1 aliphatic heterocycles. The van der Waals surface area contributed by atoms with Gasteiger partial charge >= 0.3 is 0 Å². The van der Waals surface area contributed by atoms with E-state index in [9.17, 15) is 9.59 Å². The molecule has 1 aliphatic rings. The molecule has 0 saturated heterocycles. The number of amides is 2. The summed E-state index contributed by atoms with van der Waals surface area (Å²) in [6, 6.07) is 9.86. The normalized spacial score (nSPS) is 14.2. The molecule has 1 aromatic carbocycles. The van der Waals surface area contributed by atoms with Gasteiger partial charge in [0, 0.05) is 37.9 Å². The molecule has 7 heteroatoms. The highest BCUT2D eigenvalue weighted by Gasteiger charge is 2.21. The van der Waals surface area contributed by atoms with Crippen molar-refractivity contribution in [2.75, 3.05) is 13.1 Å². The molecule has 7 nitrogen and oxygen atoms in total. The molecular weight excluding hydrogens is 342 g/mol. The lowest BCUT2D eigenvalue weighted by atomic mass is 10.0.